The molecule has 0 amide bonds. The standard InChI is InChI=1S/C30H46F2O6/c1-8-24(31)21(5)29-25(37-29)16-18(2)10-9-11-19(3)28-20(4)12-13-26(36-22(6)33)30(7,32)15-14-23(34)17-27(35)38-28/h9-13,18,20-21,23-26,28-29,34H,8,14-17H2,1-7H3/b10-9+,13-12+,19-11+. The molecule has 0 aliphatic carbocycles. The van der Waals surface area contributed by atoms with Gasteiger partial charge in [0.1, 0.15) is 17.9 Å². The SMILES string of the molecule is CCC(F)C(C)C1OC1CC(C)/C=C/C=C(\C)C1OC(=O)CC(O)CCC(C)(F)C(OC(C)=O)/C=C/C1C. The average Bonchev–Trinajstić information content (AvgIpc) is 3.60. The molecule has 0 spiro atoms. The number of hydrogen-bond acceptors (Lipinski definition) is 6. The highest BCUT2D eigenvalue weighted by atomic mass is 19.1. The van der Waals surface area contributed by atoms with Crippen molar-refractivity contribution >= 4 is 11.9 Å². The van der Waals surface area contributed by atoms with Gasteiger partial charge in [0.25, 0.3) is 0 Å². The van der Waals surface area contributed by atoms with Gasteiger partial charge in [0.2, 0.25) is 0 Å². The molecule has 38 heavy (non-hydrogen) atoms. The number of aliphatic hydroxyl groups excluding tert-OH is 1. The van der Waals surface area contributed by atoms with Crippen molar-refractivity contribution in [1.82, 2.24) is 0 Å². The van der Waals surface area contributed by atoms with Gasteiger partial charge in [0.15, 0.2) is 6.10 Å². The number of carbonyl (C=O) groups is 2. The lowest BCUT2D eigenvalue weighted by molar-refractivity contribution is -0.152. The first-order valence-electron chi connectivity index (χ1n) is 13.8. The van der Waals surface area contributed by atoms with Crippen LogP contribution in [0.15, 0.2) is 36.0 Å². The maximum absolute atomic E-state index is 15.4. The van der Waals surface area contributed by atoms with Crippen LogP contribution in [0.4, 0.5) is 8.78 Å². The van der Waals surface area contributed by atoms with Crippen molar-refractivity contribution in [1.29, 1.82) is 0 Å². The predicted molar refractivity (Wildman–Crippen MR) is 143 cm³/mol. The second kappa shape index (κ2) is 14.4. The van der Waals surface area contributed by atoms with Gasteiger partial charge < -0.3 is 19.3 Å². The van der Waals surface area contributed by atoms with Gasteiger partial charge in [0.05, 0.1) is 24.7 Å². The molecule has 1 saturated heterocycles. The highest BCUT2D eigenvalue weighted by Crippen LogP contribution is 2.37. The number of epoxide rings is 1. The third-order valence-corrected chi connectivity index (χ3v) is 7.53. The summed E-state index contributed by atoms with van der Waals surface area (Å²) in [4.78, 5) is 24.1. The molecular formula is C30H46F2O6. The molecule has 6 nitrogen and oxygen atoms in total. The van der Waals surface area contributed by atoms with Gasteiger partial charge in [-0.05, 0) is 57.1 Å². The normalized spacial score (nSPS) is 36.4. The molecule has 1 N–H and O–H groups in total. The van der Waals surface area contributed by atoms with Crippen molar-refractivity contribution in [3.8, 4) is 0 Å². The van der Waals surface area contributed by atoms with Crippen LogP contribution in [0.5, 0.6) is 0 Å². The van der Waals surface area contributed by atoms with E-state index in [1.807, 2.05) is 45.9 Å². The van der Waals surface area contributed by atoms with Crippen molar-refractivity contribution in [2.24, 2.45) is 17.8 Å². The zero-order valence-corrected chi connectivity index (χ0v) is 23.9. The number of esters is 2. The van der Waals surface area contributed by atoms with Crippen LogP contribution in [-0.4, -0.2) is 59.4 Å². The second-order valence-electron chi connectivity index (χ2n) is 11.3. The van der Waals surface area contributed by atoms with Crippen LogP contribution < -0.4 is 0 Å². The number of halogens is 2. The van der Waals surface area contributed by atoms with Gasteiger partial charge >= 0.3 is 11.9 Å². The van der Waals surface area contributed by atoms with E-state index in [1.165, 1.54) is 19.9 Å². The molecule has 2 aliphatic heterocycles. The summed E-state index contributed by atoms with van der Waals surface area (Å²) >= 11 is 0. The monoisotopic (exact) mass is 540 g/mol. The van der Waals surface area contributed by atoms with E-state index in [9.17, 15) is 19.1 Å². The first kappa shape index (κ1) is 32.2. The topological polar surface area (TPSA) is 85.4 Å². The number of rotatable bonds is 9. The molecule has 1 fully saturated rings. The lowest BCUT2D eigenvalue weighted by Crippen LogP contribution is -2.38. The third kappa shape index (κ3) is 9.92. The van der Waals surface area contributed by atoms with Crippen LogP contribution in [0.1, 0.15) is 80.6 Å². The molecule has 8 heteroatoms. The number of aliphatic hydroxyl groups is 1. The fraction of sp³-hybridized carbons (Fsp3) is 0.733. The van der Waals surface area contributed by atoms with Gasteiger partial charge in [-0.3, -0.25) is 9.59 Å². The molecule has 216 valence electrons. The molecule has 2 aliphatic rings. The summed E-state index contributed by atoms with van der Waals surface area (Å²) in [7, 11) is 0. The van der Waals surface area contributed by atoms with E-state index in [0.717, 1.165) is 12.0 Å². The Kier molecular flexibility index (Phi) is 12.2. The van der Waals surface area contributed by atoms with Crippen LogP contribution in [0.25, 0.3) is 0 Å². The lowest BCUT2D eigenvalue weighted by Gasteiger charge is -2.30. The molecular weight excluding hydrogens is 494 g/mol. The summed E-state index contributed by atoms with van der Waals surface area (Å²) in [6.45, 7) is 12.0. The number of cyclic esters (lactones) is 1. The number of carbonyl (C=O) groups excluding carboxylic acids is 2. The maximum atomic E-state index is 15.4. The van der Waals surface area contributed by atoms with Crippen LogP contribution in [0, 0.1) is 17.8 Å². The van der Waals surface area contributed by atoms with Crippen molar-refractivity contribution in [3.05, 3.63) is 36.0 Å². The van der Waals surface area contributed by atoms with E-state index in [1.54, 1.807) is 6.08 Å². The Morgan fingerprint density at radius 1 is 1.32 bits per heavy atom. The highest BCUT2D eigenvalue weighted by molar-refractivity contribution is 5.70. The molecule has 0 bridgehead atoms. The Labute approximate surface area is 226 Å². The fourth-order valence-electron chi connectivity index (χ4n) is 4.93. The Morgan fingerprint density at radius 2 is 2.00 bits per heavy atom. The van der Waals surface area contributed by atoms with Crippen molar-refractivity contribution in [3.63, 3.8) is 0 Å². The van der Waals surface area contributed by atoms with E-state index >= 15 is 4.39 Å². The molecule has 0 saturated carbocycles. The molecule has 0 aromatic carbocycles. The number of ether oxygens (including phenoxy) is 3. The summed E-state index contributed by atoms with van der Waals surface area (Å²) in [6, 6.07) is 0. The van der Waals surface area contributed by atoms with Gasteiger partial charge in [0, 0.05) is 18.8 Å². The zero-order chi connectivity index (χ0) is 28.6. The molecule has 0 aromatic rings. The van der Waals surface area contributed by atoms with Crippen LogP contribution in [0.2, 0.25) is 0 Å². The summed E-state index contributed by atoms with van der Waals surface area (Å²) < 4.78 is 46.0. The number of allylic oxidation sites excluding steroid dienone is 3. The summed E-state index contributed by atoms with van der Waals surface area (Å²) in [5.41, 5.74) is -1.13. The molecule has 0 radical (unpaired) electrons. The minimum Gasteiger partial charge on any atom is -0.457 e. The summed E-state index contributed by atoms with van der Waals surface area (Å²) in [5.74, 6) is -1.41. The van der Waals surface area contributed by atoms with Gasteiger partial charge in [-0.25, -0.2) is 8.78 Å². The predicted octanol–water partition coefficient (Wildman–Crippen LogP) is 5.98. The van der Waals surface area contributed by atoms with Crippen LogP contribution in [-0.2, 0) is 23.8 Å². The van der Waals surface area contributed by atoms with Gasteiger partial charge in [-0.15, -0.1) is 0 Å². The van der Waals surface area contributed by atoms with Crippen molar-refractivity contribution < 1.29 is 37.7 Å². The Morgan fingerprint density at radius 3 is 2.63 bits per heavy atom. The first-order valence-corrected chi connectivity index (χ1v) is 13.8. The maximum Gasteiger partial charge on any atom is 0.309 e. The summed E-state index contributed by atoms with van der Waals surface area (Å²) in [6.07, 6.45) is 6.32. The van der Waals surface area contributed by atoms with E-state index in [2.05, 4.69) is 6.92 Å². The van der Waals surface area contributed by atoms with Crippen molar-refractivity contribution in [2.45, 2.75) is 123 Å². The summed E-state index contributed by atoms with van der Waals surface area (Å²) in [5, 5.41) is 10.3. The third-order valence-electron chi connectivity index (χ3n) is 7.53. The fourth-order valence-corrected chi connectivity index (χ4v) is 4.93. The van der Waals surface area contributed by atoms with E-state index in [4.69, 9.17) is 14.2 Å². The first-order chi connectivity index (χ1) is 17.7. The van der Waals surface area contributed by atoms with E-state index < -0.39 is 42.1 Å². The minimum atomic E-state index is -1.91. The van der Waals surface area contributed by atoms with Gasteiger partial charge in [-0.1, -0.05) is 52.0 Å². The molecule has 10 unspecified atom stereocenters. The lowest BCUT2D eigenvalue weighted by atomic mass is 9.90. The Bertz CT molecular complexity index is 882. The minimum absolute atomic E-state index is 0.0259. The Balaban J connectivity index is 2.12. The number of alkyl halides is 2. The molecule has 0 aromatic heterocycles. The smallest absolute Gasteiger partial charge is 0.309 e. The highest BCUT2D eigenvalue weighted by Gasteiger charge is 2.45. The van der Waals surface area contributed by atoms with Crippen LogP contribution >= 0.6 is 0 Å². The van der Waals surface area contributed by atoms with E-state index in [0.29, 0.717) is 6.42 Å². The van der Waals surface area contributed by atoms with Gasteiger partial charge in [-0.2, -0.15) is 0 Å². The van der Waals surface area contributed by atoms with Crippen LogP contribution in [0.3, 0.4) is 0 Å². The largest absolute Gasteiger partial charge is 0.457 e. The van der Waals surface area contributed by atoms with Crippen molar-refractivity contribution in [2.75, 3.05) is 0 Å². The molecule has 2 rings (SSSR count). The Hall–Kier alpha value is -2.06. The van der Waals surface area contributed by atoms with E-state index in [-0.39, 0.29) is 49.2 Å². The number of hydrogen-bond donors (Lipinski definition) is 1. The zero-order valence-electron chi connectivity index (χ0n) is 23.9. The quantitative estimate of drug-likeness (QED) is 0.168. The second-order valence-corrected chi connectivity index (χ2v) is 11.3. The average molecular weight is 541 g/mol. The molecule has 10 atom stereocenters. The molecule has 2 heterocycles.